The molecule has 1 saturated carbocycles. The molecule has 1 aromatic rings. The van der Waals surface area contributed by atoms with Crippen molar-refractivity contribution in [3.8, 4) is 0 Å². The molecule has 1 aromatic heterocycles. The van der Waals surface area contributed by atoms with Crippen molar-refractivity contribution in [2.24, 2.45) is 17.3 Å². The minimum Gasteiger partial charge on any atom is -0.466 e. The second-order valence-electron chi connectivity index (χ2n) is 6.94. The number of carbonyl (C=O) groups excluding carboxylic acids is 2. The highest BCUT2D eigenvalue weighted by molar-refractivity contribution is 5.78. The van der Waals surface area contributed by atoms with Crippen LogP contribution in [0.4, 0.5) is 4.39 Å². The molecule has 1 aliphatic rings. The Morgan fingerprint density at radius 1 is 1.35 bits per heavy atom. The van der Waals surface area contributed by atoms with Gasteiger partial charge in [0.15, 0.2) is 0 Å². The van der Waals surface area contributed by atoms with Crippen molar-refractivity contribution >= 4 is 18.0 Å². The van der Waals surface area contributed by atoms with Crippen molar-refractivity contribution < 1.29 is 23.5 Å². The molecule has 1 heterocycles. The molecule has 0 aromatic carbocycles. The number of ether oxygens (including phenoxy) is 2. The quantitative estimate of drug-likeness (QED) is 0.704. The first-order chi connectivity index (χ1) is 12.3. The van der Waals surface area contributed by atoms with Gasteiger partial charge in [0.25, 0.3) is 0 Å². The molecule has 2 atom stereocenters. The topological polar surface area (TPSA) is 68.4 Å². The fourth-order valence-corrected chi connectivity index (χ4v) is 3.14. The molecule has 1 N–H and O–H groups in total. The molecule has 0 radical (unpaired) electrons. The molecule has 26 heavy (non-hydrogen) atoms. The van der Waals surface area contributed by atoms with E-state index in [0.29, 0.717) is 0 Å². The van der Waals surface area contributed by atoms with Crippen LogP contribution in [0.3, 0.4) is 0 Å². The largest absolute Gasteiger partial charge is 0.466 e. The van der Waals surface area contributed by atoms with E-state index in [1.807, 2.05) is 39.0 Å². The maximum atomic E-state index is 14.0. The Balaban J connectivity index is 1.94. The van der Waals surface area contributed by atoms with Gasteiger partial charge in [0.05, 0.1) is 18.9 Å². The van der Waals surface area contributed by atoms with E-state index in [2.05, 4.69) is 4.98 Å². The second kappa shape index (κ2) is 8.34. The van der Waals surface area contributed by atoms with Crippen molar-refractivity contribution in [3.63, 3.8) is 0 Å². The summed E-state index contributed by atoms with van der Waals surface area (Å²) in [4.78, 5) is 26.8. The van der Waals surface area contributed by atoms with E-state index in [1.54, 1.807) is 13.1 Å². The van der Waals surface area contributed by atoms with Crippen molar-refractivity contribution in [1.29, 1.82) is 0 Å². The van der Waals surface area contributed by atoms with Crippen molar-refractivity contribution in [1.82, 2.24) is 4.98 Å². The van der Waals surface area contributed by atoms with Gasteiger partial charge in [0.1, 0.15) is 12.4 Å². The maximum absolute atomic E-state index is 14.0. The number of aromatic nitrogens is 1. The van der Waals surface area contributed by atoms with Gasteiger partial charge in [0.2, 0.25) is 0 Å². The van der Waals surface area contributed by atoms with Crippen LogP contribution >= 0.6 is 0 Å². The summed E-state index contributed by atoms with van der Waals surface area (Å²) >= 11 is 0. The van der Waals surface area contributed by atoms with Crippen LogP contribution in [-0.2, 0) is 25.7 Å². The number of halogens is 1. The van der Waals surface area contributed by atoms with E-state index in [0.717, 1.165) is 11.3 Å². The highest BCUT2D eigenvalue weighted by Crippen LogP contribution is 2.60. The fourth-order valence-electron chi connectivity index (χ4n) is 3.14. The number of nitrogens with one attached hydrogen (secondary N) is 1. The SMILES string of the molecule is CC=Cc1[nH]ccc1COC(=O)C1C(C=C(F)CC(=O)OCC)C1(C)C. The lowest BCUT2D eigenvalue weighted by atomic mass is 10.1. The van der Waals surface area contributed by atoms with Crippen molar-refractivity contribution in [3.05, 3.63) is 41.5 Å². The van der Waals surface area contributed by atoms with E-state index < -0.39 is 29.5 Å². The van der Waals surface area contributed by atoms with E-state index in [9.17, 15) is 14.0 Å². The number of rotatable bonds is 8. The van der Waals surface area contributed by atoms with Crippen LogP contribution < -0.4 is 0 Å². The van der Waals surface area contributed by atoms with E-state index >= 15 is 0 Å². The first-order valence-corrected chi connectivity index (χ1v) is 8.78. The number of aromatic amines is 1. The first-order valence-electron chi connectivity index (χ1n) is 8.78. The molecule has 142 valence electrons. The Labute approximate surface area is 153 Å². The predicted molar refractivity (Wildman–Crippen MR) is 96.5 cm³/mol. The van der Waals surface area contributed by atoms with Crippen LogP contribution in [0.2, 0.25) is 0 Å². The van der Waals surface area contributed by atoms with Gasteiger partial charge in [-0.05, 0) is 43.4 Å². The van der Waals surface area contributed by atoms with Crippen molar-refractivity contribution in [2.75, 3.05) is 6.61 Å². The van der Waals surface area contributed by atoms with Crippen LogP contribution in [0.5, 0.6) is 0 Å². The summed E-state index contributed by atoms with van der Waals surface area (Å²) in [5.74, 6) is -2.24. The van der Waals surface area contributed by atoms with Crippen molar-refractivity contribution in [2.45, 2.75) is 40.7 Å². The van der Waals surface area contributed by atoms with Gasteiger partial charge in [-0.2, -0.15) is 0 Å². The molecule has 0 amide bonds. The number of carbonyl (C=O) groups is 2. The van der Waals surface area contributed by atoms with Gasteiger partial charge in [-0.1, -0.05) is 19.9 Å². The van der Waals surface area contributed by atoms with Gasteiger partial charge < -0.3 is 14.5 Å². The number of hydrogen-bond acceptors (Lipinski definition) is 4. The maximum Gasteiger partial charge on any atom is 0.312 e. The second-order valence-corrected chi connectivity index (χ2v) is 6.94. The Kier molecular flexibility index (Phi) is 6.40. The third kappa shape index (κ3) is 4.62. The minimum absolute atomic E-state index is 0.163. The molecular weight excluding hydrogens is 337 g/mol. The highest BCUT2D eigenvalue weighted by atomic mass is 19.1. The lowest BCUT2D eigenvalue weighted by Crippen LogP contribution is -2.10. The summed E-state index contributed by atoms with van der Waals surface area (Å²) < 4.78 is 24.2. The third-order valence-electron chi connectivity index (χ3n) is 4.72. The summed E-state index contributed by atoms with van der Waals surface area (Å²) in [5, 5.41) is 0. The van der Waals surface area contributed by atoms with Crippen LogP contribution in [-0.4, -0.2) is 23.5 Å². The van der Waals surface area contributed by atoms with Crippen LogP contribution in [0.1, 0.15) is 45.4 Å². The number of H-pyrrole nitrogens is 1. The molecule has 1 fully saturated rings. The molecule has 2 unspecified atom stereocenters. The van der Waals surface area contributed by atoms with Crippen LogP contribution in [0.15, 0.2) is 30.2 Å². The minimum atomic E-state index is -0.609. The monoisotopic (exact) mass is 363 g/mol. The molecule has 6 heteroatoms. The summed E-state index contributed by atoms with van der Waals surface area (Å²) in [6.45, 7) is 7.73. The Morgan fingerprint density at radius 2 is 2.08 bits per heavy atom. The van der Waals surface area contributed by atoms with Crippen LogP contribution in [0.25, 0.3) is 6.08 Å². The molecule has 5 nitrogen and oxygen atoms in total. The lowest BCUT2D eigenvalue weighted by molar-refractivity contribution is -0.147. The zero-order valence-corrected chi connectivity index (χ0v) is 15.7. The standard InChI is InChI=1S/C20H26FNO4/c1-5-7-16-13(8-9-22-16)12-26-19(24)18-15(20(18,3)4)10-14(21)11-17(23)25-6-2/h5,7-10,15,18,22H,6,11-12H2,1-4H3. The van der Waals surface area contributed by atoms with Gasteiger partial charge in [-0.25, -0.2) is 4.39 Å². The molecule has 0 saturated heterocycles. The van der Waals surface area contributed by atoms with Crippen LogP contribution in [0, 0.1) is 17.3 Å². The highest BCUT2D eigenvalue weighted by Gasteiger charge is 2.61. The van der Waals surface area contributed by atoms with E-state index in [1.165, 1.54) is 6.08 Å². The number of esters is 2. The zero-order valence-electron chi connectivity index (χ0n) is 15.7. The average Bonchev–Trinajstić information content (AvgIpc) is 2.90. The van der Waals surface area contributed by atoms with Gasteiger partial charge in [-0.15, -0.1) is 0 Å². The number of allylic oxidation sites excluding steroid dienone is 2. The van der Waals surface area contributed by atoms with Gasteiger partial charge in [0, 0.05) is 17.5 Å². The van der Waals surface area contributed by atoms with E-state index in [-0.39, 0.29) is 25.1 Å². The van der Waals surface area contributed by atoms with E-state index in [4.69, 9.17) is 9.47 Å². The Hall–Kier alpha value is -2.37. The summed E-state index contributed by atoms with van der Waals surface area (Å²) in [5.41, 5.74) is 1.38. The Morgan fingerprint density at radius 3 is 2.73 bits per heavy atom. The zero-order chi connectivity index (χ0) is 19.3. The normalized spacial score (nSPS) is 21.7. The molecule has 0 spiro atoms. The predicted octanol–water partition coefficient (Wildman–Crippen LogP) is 4.17. The average molecular weight is 363 g/mol. The number of hydrogen-bond donors (Lipinski definition) is 1. The smallest absolute Gasteiger partial charge is 0.312 e. The first kappa shape index (κ1) is 19.9. The third-order valence-corrected chi connectivity index (χ3v) is 4.72. The molecule has 1 aliphatic carbocycles. The summed E-state index contributed by atoms with van der Waals surface area (Å²) in [6.07, 6.45) is 6.54. The molecule has 0 aliphatic heterocycles. The van der Waals surface area contributed by atoms with Gasteiger partial charge >= 0.3 is 11.9 Å². The molecule has 2 rings (SSSR count). The lowest BCUT2D eigenvalue weighted by Gasteiger charge is -2.05. The summed E-state index contributed by atoms with van der Waals surface area (Å²) in [7, 11) is 0. The molecular formula is C20H26FNO4. The molecule has 0 bridgehead atoms. The summed E-state index contributed by atoms with van der Waals surface area (Å²) in [6, 6.07) is 1.86. The Bertz CT molecular complexity index is 717. The fraction of sp³-hybridized carbons (Fsp3) is 0.500. The van der Waals surface area contributed by atoms with Gasteiger partial charge in [-0.3, -0.25) is 9.59 Å².